The molecule has 1 amide bonds. The van der Waals surface area contributed by atoms with E-state index in [4.69, 9.17) is 16.3 Å². The van der Waals surface area contributed by atoms with Gasteiger partial charge in [0.15, 0.2) is 0 Å². The molecule has 0 aliphatic rings. The number of methoxy groups -OCH3 is 1. The minimum atomic E-state index is -0.210. The molecule has 2 aromatic rings. The topological polar surface area (TPSA) is 50.7 Å². The SMILES string of the molecule is COc1ccc(Br)cc1/C=N\NC(=O)Cc1cc(Cl)ccc1SC. The van der Waals surface area contributed by atoms with Gasteiger partial charge < -0.3 is 4.74 Å². The Bertz CT molecular complexity index is 768. The number of ether oxygens (including phenoxy) is 1. The number of amides is 1. The van der Waals surface area contributed by atoms with Crippen LogP contribution in [0.15, 0.2) is 50.9 Å². The maximum absolute atomic E-state index is 12.1. The van der Waals surface area contributed by atoms with E-state index in [1.165, 1.54) is 0 Å². The van der Waals surface area contributed by atoms with Gasteiger partial charge in [0, 0.05) is 20.0 Å². The second-order valence-electron chi connectivity index (χ2n) is 4.81. The Morgan fingerprint density at radius 1 is 1.38 bits per heavy atom. The summed E-state index contributed by atoms with van der Waals surface area (Å²) in [5.41, 5.74) is 4.17. The molecule has 2 aromatic carbocycles. The Hall–Kier alpha value is -1.50. The van der Waals surface area contributed by atoms with Crippen molar-refractivity contribution in [2.24, 2.45) is 5.10 Å². The smallest absolute Gasteiger partial charge is 0.244 e. The normalized spacial score (nSPS) is 10.8. The number of halogens is 2. The van der Waals surface area contributed by atoms with Crippen molar-refractivity contribution in [3.63, 3.8) is 0 Å². The Labute approximate surface area is 158 Å². The highest BCUT2D eigenvalue weighted by Crippen LogP contribution is 2.24. The Morgan fingerprint density at radius 2 is 2.17 bits per heavy atom. The quantitative estimate of drug-likeness (QED) is 0.419. The summed E-state index contributed by atoms with van der Waals surface area (Å²) in [6.45, 7) is 0. The number of carbonyl (C=O) groups is 1. The molecule has 0 saturated carbocycles. The molecule has 7 heteroatoms. The molecule has 0 radical (unpaired) electrons. The van der Waals surface area contributed by atoms with Crippen LogP contribution in [-0.2, 0) is 11.2 Å². The third kappa shape index (κ3) is 5.26. The van der Waals surface area contributed by atoms with Crippen LogP contribution in [0.1, 0.15) is 11.1 Å². The molecule has 0 fully saturated rings. The average molecular weight is 428 g/mol. The highest BCUT2D eigenvalue weighted by molar-refractivity contribution is 9.10. The lowest BCUT2D eigenvalue weighted by atomic mass is 10.1. The number of hydrogen-bond donors (Lipinski definition) is 1. The zero-order valence-corrected chi connectivity index (χ0v) is 16.3. The molecule has 0 bridgehead atoms. The molecule has 0 aliphatic carbocycles. The standard InChI is InChI=1S/C17H16BrClN2O2S/c1-23-15-5-3-13(18)7-12(15)10-20-21-17(22)9-11-8-14(19)4-6-16(11)24-2/h3-8,10H,9H2,1-2H3,(H,21,22)/b20-10-. The number of thioether (sulfide) groups is 1. The lowest BCUT2D eigenvalue weighted by Crippen LogP contribution is -2.20. The van der Waals surface area contributed by atoms with E-state index in [0.717, 1.165) is 20.5 Å². The fourth-order valence-electron chi connectivity index (χ4n) is 2.08. The van der Waals surface area contributed by atoms with Crippen LogP contribution in [0.3, 0.4) is 0 Å². The summed E-state index contributed by atoms with van der Waals surface area (Å²) >= 11 is 11.0. The van der Waals surface area contributed by atoms with Crippen molar-refractivity contribution in [1.82, 2.24) is 5.43 Å². The number of nitrogens with one attached hydrogen (secondary N) is 1. The predicted molar refractivity (Wildman–Crippen MR) is 103 cm³/mol. The second kappa shape index (κ2) is 9.11. The van der Waals surface area contributed by atoms with Gasteiger partial charge in [0.05, 0.1) is 19.7 Å². The molecule has 24 heavy (non-hydrogen) atoms. The van der Waals surface area contributed by atoms with E-state index in [1.807, 2.05) is 36.6 Å². The number of hydrogen-bond acceptors (Lipinski definition) is 4. The van der Waals surface area contributed by atoms with Crippen LogP contribution in [0.4, 0.5) is 0 Å². The summed E-state index contributed by atoms with van der Waals surface area (Å²) in [5, 5.41) is 4.61. The first-order chi connectivity index (χ1) is 11.5. The fourth-order valence-corrected chi connectivity index (χ4v) is 3.25. The second-order valence-corrected chi connectivity index (χ2v) is 7.01. The number of carbonyl (C=O) groups excluding carboxylic acids is 1. The molecular weight excluding hydrogens is 412 g/mol. The molecule has 2 rings (SSSR count). The number of benzene rings is 2. The molecular formula is C17H16BrClN2O2S. The lowest BCUT2D eigenvalue weighted by Gasteiger charge is -2.07. The molecule has 0 aromatic heterocycles. The van der Waals surface area contributed by atoms with Crippen LogP contribution in [0.2, 0.25) is 5.02 Å². The number of hydrazone groups is 1. The van der Waals surface area contributed by atoms with Crippen LogP contribution >= 0.6 is 39.3 Å². The number of rotatable bonds is 6. The molecule has 0 saturated heterocycles. The molecule has 0 unspecified atom stereocenters. The summed E-state index contributed by atoms with van der Waals surface area (Å²) in [4.78, 5) is 13.1. The first-order valence-electron chi connectivity index (χ1n) is 7.01. The van der Waals surface area contributed by atoms with Gasteiger partial charge in [0.25, 0.3) is 0 Å². The maximum Gasteiger partial charge on any atom is 0.244 e. The zero-order chi connectivity index (χ0) is 17.5. The van der Waals surface area contributed by atoms with E-state index in [2.05, 4.69) is 26.5 Å². The van der Waals surface area contributed by atoms with Gasteiger partial charge in [-0.2, -0.15) is 5.10 Å². The zero-order valence-electron chi connectivity index (χ0n) is 13.2. The van der Waals surface area contributed by atoms with Gasteiger partial charge in [0.2, 0.25) is 5.91 Å². The van der Waals surface area contributed by atoms with Crippen LogP contribution in [0.5, 0.6) is 5.75 Å². The number of nitrogens with zero attached hydrogens (tertiary/aromatic N) is 1. The van der Waals surface area contributed by atoms with E-state index >= 15 is 0 Å². The average Bonchev–Trinajstić information content (AvgIpc) is 2.55. The fraction of sp³-hybridized carbons (Fsp3) is 0.176. The van der Waals surface area contributed by atoms with E-state index in [-0.39, 0.29) is 12.3 Å². The van der Waals surface area contributed by atoms with Crippen LogP contribution in [-0.4, -0.2) is 25.5 Å². The van der Waals surface area contributed by atoms with Crippen molar-refractivity contribution >= 4 is 51.4 Å². The third-order valence-electron chi connectivity index (χ3n) is 3.18. The lowest BCUT2D eigenvalue weighted by molar-refractivity contribution is -0.120. The van der Waals surface area contributed by atoms with Gasteiger partial charge in [-0.05, 0) is 48.2 Å². The molecule has 0 atom stereocenters. The van der Waals surface area contributed by atoms with Crippen molar-refractivity contribution in [3.8, 4) is 5.75 Å². The first-order valence-corrected chi connectivity index (χ1v) is 9.41. The molecule has 1 N–H and O–H groups in total. The van der Waals surface area contributed by atoms with Crippen LogP contribution < -0.4 is 10.2 Å². The highest BCUT2D eigenvalue weighted by Gasteiger charge is 2.08. The third-order valence-corrected chi connectivity index (χ3v) is 4.74. The highest BCUT2D eigenvalue weighted by atomic mass is 79.9. The predicted octanol–water partition coefficient (Wildman–Crippen LogP) is 4.53. The van der Waals surface area contributed by atoms with Gasteiger partial charge >= 0.3 is 0 Å². The van der Waals surface area contributed by atoms with Crippen molar-refractivity contribution in [3.05, 3.63) is 57.0 Å². The van der Waals surface area contributed by atoms with Crippen molar-refractivity contribution < 1.29 is 9.53 Å². The Morgan fingerprint density at radius 3 is 2.88 bits per heavy atom. The summed E-state index contributed by atoms with van der Waals surface area (Å²) < 4.78 is 6.16. The van der Waals surface area contributed by atoms with Gasteiger partial charge in [-0.3, -0.25) is 4.79 Å². The van der Waals surface area contributed by atoms with Crippen LogP contribution in [0, 0.1) is 0 Å². The van der Waals surface area contributed by atoms with E-state index in [9.17, 15) is 4.79 Å². The monoisotopic (exact) mass is 426 g/mol. The molecule has 126 valence electrons. The van der Waals surface area contributed by atoms with Gasteiger partial charge in [-0.25, -0.2) is 5.43 Å². The van der Waals surface area contributed by atoms with Gasteiger partial charge in [-0.1, -0.05) is 27.5 Å². The van der Waals surface area contributed by atoms with E-state index in [0.29, 0.717) is 10.8 Å². The summed E-state index contributed by atoms with van der Waals surface area (Å²) in [6.07, 6.45) is 3.72. The van der Waals surface area contributed by atoms with Crippen molar-refractivity contribution in [2.75, 3.05) is 13.4 Å². The molecule has 0 spiro atoms. The maximum atomic E-state index is 12.1. The molecule has 0 heterocycles. The largest absolute Gasteiger partial charge is 0.496 e. The Kier molecular flexibility index (Phi) is 7.15. The molecule has 4 nitrogen and oxygen atoms in total. The minimum absolute atomic E-state index is 0.210. The first kappa shape index (κ1) is 18.8. The van der Waals surface area contributed by atoms with Gasteiger partial charge in [-0.15, -0.1) is 11.8 Å². The van der Waals surface area contributed by atoms with Gasteiger partial charge in [0.1, 0.15) is 5.75 Å². The van der Waals surface area contributed by atoms with Crippen LogP contribution in [0.25, 0.3) is 0 Å². The van der Waals surface area contributed by atoms with E-state index < -0.39 is 0 Å². The van der Waals surface area contributed by atoms with Crippen molar-refractivity contribution in [1.29, 1.82) is 0 Å². The summed E-state index contributed by atoms with van der Waals surface area (Å²) in [5.74, 6) is 0.466. The van der Waals surface area contributed by atoms with E-state index in [1.54, 1.807) is 31.2 Å². The minimum Gasteiger partial charge on any atom is -0.496 e. The molecule has 0 aliphatic heterocycles. The summed E-state index contributed by atoms with van der Waals surface area (Å²) in [7, 11) is 1.59. The summed E-state index contributed by atoms with van der Waals surface area (Å²) in [6, 6.07) is 11.1. The Balaban J connectivity index is 2.04. The van der Waals surface area contributed by atoms with Crippen molar-refractivity contribution in [2.45, 2.75) is 11.3 Å².